The molecule has 102 valence electrons. The Balaban J connectivity index is 2.08. The molecule has 0 spiro atoms. The topological polar surface area (TPSA) is 105 Å². The van der Waals surface area contributed by atoms with Crippen molar-refractivity contribution in [2.24, 2.45) is 0 Å². The highest BCUT2D eigenvalue weighted by Crippen LogP contribution is 2.06. The summed E-state index contributed by atoms with van der Waals surface area (Å²) in [6, 6.07) is 9.12. The fraction of sp³-hybridized carbons (Fsp3) is 0.0714. The van der Waals surface area contributed by atoms with Gasteiger partial charge in [-0.3, -0.25) is 19.7 Å². The lowest BCUT2D eigenvalue weighted by Crippen LogP contribution is -2.30. The monoisotopic (exact) mass is 271 g/mol. The Bertz CT molecular complexity index is 671. The lowest BCUT2D eigenvalue weighted by Gasteiger charge is -2.03. The van der Waals surface area contributed by atoms with Gasteiger partial charge in [0.15, 0.2) is 5.78 Å². The minimum Gasteiger partial charge on any atom is -0.399 e. The Morgan fingerprint density at radius 1 is 0.950 bits per heavy atom. The smallest absolute Gasteiger partial charge is 0.274 e. The number of H-pyrrole nitrogens is 1. The average molecular weight is 271 g/mol. The number of carbonyl (C=O) groups excluding carboxylic acids is 3. The van der Waals surface area contributed by atoms with E-state index in [4.69, 9.17) is 5.73 Å². The van der Waals surface area contributed by atoms with E-state index in [9.17, 15) is 14.4 Å². The van der Waals surface area contributed by atoms with Crippen LogP contribution < -0.4 is 11.1 Å². The third-order valence-electron chi connectivity index (χ3n) is 2.71. The first-order valence-electron chi connectivity index (χ1n) is 5.88. The maximum atomic E-state index is 11.8. The number of imide groups is 1. The fourth-order valence-corrected chi connectivity index (χ4v) is 1.61. The van der Waals surface area contributed by atoms with Crippen molar-refractivity contribution < 1.29 is 14.4 Å². The molecule has 4 N–H and O–H groups in total. The number of amides is 2. The Morgan fingerprint density at radius 3 is 2.10 bits per heavy atom. The molecule has 0 radical (unpaired) electrons. The number of anilines is 1. The molecule has 0 aliphatic rings. The van der Waals surface area contributed by atoms with E-state index in [1.807, 2.05) is 0 Å². The second-order valence-electron chi connectivity index (χ2n) is 4.25. The highest BCUT2D eigenvalue weighted by Gasteiger charge is 2.14. The van der Waals surface area contributed by atoms with Crippen LogP contribution in [0.15, 0.2) is 36.4 Å². The van der Waals surface area contributed by atoms with Crippen molar-refractivity contribution in [2.75, 3.05) is 5.73 Å². The van der Waals surface area contributed by atoms with Crippen LogP contribution in [0.25, 0.3) is 0 Å². The molecule has 2 aromatic rings. The van der Waals surface area contributed by atoms with Gasteiger partial charge in [0.1, 0.15) is 5.69 Å². The van der Waals surface area contributed by atoms with Gasteiger partial charge in [0.25, 0.3) is 11.8 Å². The largest absolute Gasteiger partial charge is 0.399 e. The van der Waals surface area contributed by atoms with E-state index in [0.717, 1.165) is 0 Å². The van der Waals surface area contributed by atoms with E-state index in [-0.39, 0.29) is 11.5 Å². The van der Waals surface area contributed by atoms with Crippen molar-refractivity contribution in [3.8, 4) is 0 Å². The van der Waals surface area contributed by atoms with Crippen molar-refractivity contribution in [3.05, 3.63) is 53.3 Å². The van der Waals surface area contributed by atoms with Gasteiger partial charge in [-0.15, -0.1) is 0 Å². The molecule has 1 aromatic carbocycles. The Kier molecular flexibility index (Phi) is 3.65. The number of hydrogen-bond donors (Lipinski definition) is 3. The van der Waals surface area contributed by atoms with Crippen molar-refractivity contribution >= 4 is 23.3 Å². The van der Waals surface area contributed by atoms with E-state index >= 15 is 0 Å². The molecule has 1 heterocycles. The molecule has 0 atom stereocenters. The molecule has 2 amide bonds. The van der Waals surface area contributed by atoms with Crippen LogP contribution in [-0.2, 0) is 0 Å². The van der Waals surface area contributed by atoms with Gasteiger partial charge in [-0.1, -0.05) is 0 Å². The zero-order valence-corrected chi connectivity index (χ0v) is 10.8. The molecule has 0 bridgehead atoms. The zero-order valence-electron chi connectivity index (χ0n) is 10.8. The minimum absolute atomic E-state index is 0.152. The number of nitrogens with one attached hydrogen (secondary N) is 2. The standard InChI is InChI=1S/C14H13N3O3/c1-8(18)11-6-7-12(16-11)14(20)17-13(19)9-2-4-10(15)5-3-9/h2-7,16H,15H2,1H3,(H,17,19,20). The summed E-state index contributed by atoms with van der Waals surface area (Å²) < 4.78 is 0. The van der Waals surface area contributed by atoms with Crippen LogP contribution >= 0.6 is 0 Å². The molecular weight excluding hydrogens is 258 g/mol. The summed E-state index contributed by atoms with van der Waals surface area (Å²) in [4.78, 5) is 37.4. The van der Waals surface area contributed by atoms with Gasteiger partial charge >= 0.3 is 0 Å². The second-order valence-corrected chi connectivity index (χ2v) is 4.25. The molecule has 1 aromatic heterocycles. The number of rotatable bonds is 3. The van der Waals surface area contributed by atoms with Crippen LogP contribution in [-0.4, -0.2) is 22.6 Å². The predicted molar refractivity (Wildman–Crippen MR) is 73.4 cm³/mol. The summed E-state index contributed by atoms with van der Waals surface area (Å²) >= 11 is 0. The van der Waals surface area contributed by atoms with Gasteiger partial charge < -0.3 is 10.7 Å². The third-order valence-corrected chi connectivity index (χ3v) is 2.71. The molecule has 2 rings (SSSR count). The molecule has 0 aliphatic heterocycles. The zero-order chi connectivity index (χ0) is 14.7. The van der Waals surface area contributed by atoms with E-state index in [2.05, 4.69) is 10.3 Å². The van der Waals surface area contributed by atoms with E-state index < -0.39 is 11.8 Å². The van der Waals surface area contributed by atoms with Crippen LogP contribution in [0.3, 0.4) is 0 Å². The lowest BCUT2D eigenvalue weighted by molar-refractivity contribution is 0.0846. The summed E-state index contributed by atoms with van der Waals surface area (Å²) in [5.74, 6) is -1.32. The molecule has 0 saturated carbocycles. The van der Waals surface area contributed by atoms with E-state index in [0.29, 0.717) is 16.9 Å². The second kappa shape index (κ2) is 5.40. The lowest BCUT2D eigenvalue weighted by atomic mass is 10.2. The van der Waals surface area contributed by atoms with Crippen LogP contribution in [0.1, 0.15) is 38.3 Å². The summed E-state index contributed by atoms with van der Waals surface area (Å²) in [6.07, 6.45) is 0. The highest BCUT2D eigenvalue weighted by molar-refractivity contribution is 6.10. The van der Waals surface area contributed by atoms with Crippen LogP contribution in [0, 0.1) is 0 Å². The normalized spacial score (nSPS) is 10.1. The van der Waals surface area contributed by atoms with Crippen molar-refractivity contribution in [1.29, 1.82) is 0 Å². The molecule has 0 saturated heterocycles. The molecule has 20 heavy (non-hydrogen) atoms. The number of hydrogen-bond acceptors (Lipinski definition) is 4. The number of aromatic amines is 1. The van der Waals surface area contributed by atoms with Gasteiger partial charge in [-0.2, -0.15) is 0 Å². The summed E-state index contributed by atoms with van der Waals surface area (Å²) in [5.41, 5.74) is 6.84. The van der Waals surface area contributed by atoms with Crippen molar-refractivity contribution in [2.45, 2.75) is 6.92 Å². The number of Topliss-reactive ketones (excluding diaryl/α,β-unsaturated/α-hetero) is 1. The predicted octanol–water partition coefficient (Wildman–Crippen LogP) is 1.37. The average Bonchev–Trinajstić information content (AvgIpc) is 2.89. The molecule has 0 fully saturated rings. The van der Waals surface area contributed by atoms with Crippen molar-refractivity contribution in [1.82, 2.24) is 10.3 Å². The van der Waals surface area contributed by atoms with Crippen LogP contribution in [0.2, 0.25) is 0 Å². The minimum atomic E-state index is -0.598. The molecule has 0 aliphatic carbocycles. The summed E-state index contributed by atoms with van der Waals surface area (Å²) in [6.45, 7) is 1.38. The van der Waals surface area contributed by atoms with Gasteiger partial charge in [-0.05, 0) is 36.4 Å². The van der Waals surface area contributed by atoms with Gasteiger partial charge in [0.2, 0.25) is 0 Å². The third kappa shape index (κ3) is 2.92. The van der Waals surface area contributed by atoms with Crippen LogP contribution in [0.4, 0.5) is 5.69 Å². The quantitative estimate of drug-likeness (QED) is 0.445. The number of nitrogen functional groups attached to an aromatic ring is 1. The van der Waals surface area contributed by atoms with Crippen molar-refractivity contribution in [3.63, 3.8) is 0 Å². The summed E-state index contributed by atoms with van der Waals surface area (Å²) in [7, 11) is 0. The number of aromatic nitrogens is 1. The van der Waals surface area contributed by atoms with Crippen LogP contribution in [0.5, 0.6) is 0 Å². The molecule has 0 unspecified atom stereocenters. The number of carbonyl (C=O) groups is 3. The maximum absolute atomic E-state index is 11.8. The number of nitrogens with two attached hydrogens (primary N) is 1. The highest BCUT2D eigenvalue weighted by atomic mass is 16.2. The SMILES string of the molecule is CC(=O)c1ccc(C(=O)NC(=O)c2ccc(N)cc2)[nH]1. The molecular formula is C14H13N3O3. The molecule has 6 heteroatoms. The number of ketones is 1. The first-order chi connectivity index (χ1) is 9.47. The Labute approximate surface area is 115 Å². The summed E-state index contributed by atoms with van der Waals surface area (Å²) in [5, 5.41) is 2.22. The number of benzene rings is 1. The van der Waals surface area contributed by atoms with Gasteiger partial charge in [0.05, 0.1) is 5.69 Å². The first-order valence-corrected chi connectivity index (χ1v) is 5.88. The Hall–Kier alpha value is -2.89. The van der Waals surface area contributed by atoms with E-state index in [1.54, 1.807) is 12.1 Å². The fourth-order valence-electron chi connectivity index (χ4n) is 1.61. The first kappa shape index (κ1) is 13.5. The molecule has 6 nitrogen and oxygen atoms in total. The Morgan fingerprint density at radius 2 is 1.55 bits per heavy atom. The maximum Gasteiger partial charge on any atom is 0.274 e. The van der Waals surface area contributed by atoms with Gasteiger partial charge in [0, 0.05) is 18.2 Å². The van der Waals surface area contributed by atoms with Gasteiger partial charge in [-0.25, -0.2) is 0 Å². The van der Waals surface area contributed by atoms with E-state index in [1.165, 1.54) is 31.2 Å².